The second-order valence-corrected chi connectivity index (χ2v) is 10.4. The van der Waals surface area contributed by atoms with Crippen LogP contribution in [0.2, 0.25) is 5.28 Å². The van der Waals surface area contributed by atoms with Crippen molar-refractivity contribution in [3.8, 4) is 0 Å². The predicted octanol–water partition coefficient (Wildman–Crippen LogP) is 5.73. The molecule has 2 aromatic rings. The topological polar surface area (TPSA) is 109 Å². The zero-order chi connectivity index (χ0) is 27.4. The van der Waals surface area contributed by atoms with Gasteiger partial charge in [-0.3, -0.25) is 4.57 Å². The van der Waals surface area contributed by atoms with Gasteiger partial charge in [0.05, 0.1) is 6.33 Å². The quantitative estimate of drug-likeness (QED) is 0.359. The molecule has 15 heteroatoms. The number of anilines is 1. The van der Waals surface area contributed by atoms with Crippen LogP contribution in [0.4, 0.5) is 33.0 Å². The first-order valence-electron chi connectivity index (χ1n) is 10.9. The molecule has 1 saturated heterocycles. The average Bonchev–Trinajstić information content (AvgIpc) is 3.15. The molecule has 0 N–H and O–H groups in total. The van der Waals surface area contributed by atoms with Crippen LogP contribution in [-0.4, -0.2) is 60.9 Å². The lowest BCUT2D eigenvalue weighted by molar-refractivity contribution is -0.207. The van der Waals surface area contributed by atoms with Crippen LogP contribution in [0, 0.1) is 0 Å². The third-order valence-electron chi connectivity index (χ3n) is 4.82. The van der Waals surface area contributed by atoms with Gasteiger partial charge in [-0.15, -0.1) is 0 Å². The summed E-state index contributed by atoms with van der Waals surface area (Å²) in [5, 5.41) is -0.600. The average molecular weight is 540 g/mol. The van der Waals surface area contributed by atoms with E-state index in [2.05, 4.69) is 15.0 Å². The number of rotatable bonds is 3. The molecule has 10 nitrogen and oxygen atoms in total. The monoisotopic (exact) mass is 539 g/mol. The van der Waals surface area contributed by atoms with E-state index in [1.54, 1.807) is 41.5 Å². The SMILES string of the molecule is CC[C@H]1O[C@@H](n2cnc3c(N(C(=O)OC(C)(C)C)C(=O)OC(C)(C)C)nc(Cl)nc32)C(F)(F)C1(F)F. The van der Waals surface area contributed by atoms with Crippen LogP contribution in [0.25, 0.3) is 11.2 Å². The van der Waals surface area contributed by atoms with Crippen LogP contribution in [0.3, 0.4) is 0 Å². The fourth-order valence-corrected chi connectivity index (χ4v) is 3.52. The fourth-order valence-electron chi connectivity index (χ4n) is 3.36. The van der Waals surface area contributed by atoms with E-state index >= 15 is 0 Å². The molecule has 3 rings (SSSR count). The Morgan fingerprint density at radius 2 is 1.58 bits per heavy atom. The Labute approximate surface area is 208 Å². The summed E-state index contributed by atoms with van der Waals surface area (Å²) in [5.41, 5.74) is -3.00. The molecule has 200 valence electrons. The second-order valence-electron chi connectivity index (χ2n) is 10.1. The number of fused-ring (bicyclic) bond motifs is 1. The molecule has 1 aliphatic heterocycles. The van der Waals surface area contributed by atoms with E-state index < -0.39 is 76.3 Å². The first-order chi connectivity index (χ1) is 16.3. The normalized spacial score (nSPS) is 21.4. The molecule has 1 aliphatic rings. The van der Waals surface area contributed by atoms with E-state index in [-0.39, 0.29) is 0 Å². The van der Waals surface area contributed by atoms with Crippen LogP contribution < -0.4 is 4.90 Å². The van der Waals surface area contributed by atoms with Crippen molar-refractivity contribution in [2.24, 2.45) is 0 Å². The highest BCUT2D eigenvalue weighted by Gasteiger charge is 2.72. The molecule has 0 aliphatic carbocycles. The summed E-state index contributed by atoms with van der Waals surface area (Å²) >= 11 is 5.99. The Morgan fingerprint density at radius 1 is 1.06 bits per heavy atom. The Morgan fingerprint density at radius 3 is 2.03 bits per heavy atom. The summed E-state index contributed by atoms with van der Waals surface area (Å²) in [6.45, 7) is 10.5. The second kappa shape index (κ2) is 8.98. The van der Waals surface area contributed by atoms with Gasteiger partial charge < -0.3 is 14.2 Å². The molecule has 3 heterocycles. The molecular weight excluding hydrogens is 514 g/mol. The number of hydrogen-bond donors (Lipinski definition) is 0. The van der Waals surface area contributed by atoms with Gasteiger partial charge >= 0.3 is 24.0 Å². The van der Waals surface area contributed by atoms with Crippen LogP contribution in [0.15, 0.2) is 6.33 Å². The van der Waals surface area contributed by atoms with Gasteiger partial charge in [-0.1, -0.05) is 6.92 Å². The Balaban J connectivity index is 2.19. The van der Waals surface area contributed by atoms with E-state index in [9.17, 15) is 27.2 Å². The number of carbonyl (C=O) groups excluding carboxylic acids is 2. The van der Waals surface area contributed by atoms with Gasteiger partial charge in [-0.05, 0) is 59.6 Å². The van der Waals surface area contributed by atoms with Gasteiger partial charge in [-0.2, -0.15) is 32.4 Å². The lowest BCUT2D eigenvalue weighted by Crippen LogP contribution is -2.45. The van der Waals surface area contributed by atoms with E-state index in [1.165, 1.54) is 6.92 Å². The lowest BCUT2D eigenvalue weighted by Gasteiger charge is -2.28. The third-order valence-corrected chi connectivity index (χ3v) is 4.98. The zero-order valence-electron chi connectivity index (χ0n) is 20.6. The van der Waals surface area contributed by atoms with Crippen LogP contribution >= 0.6 is 11.6 Å². The largest absolute Gasteiger partial charge is 0.443 e. The van der Waals surface area contributed by atoms with Crippen molar-refractivity contribution in [3.63, 3.8) is 0 Å². The molecule has 0 bridgehead atoms. The van der Waals surface area contributed by atoms with Crippen molar-refractivity contribution >= 4 is 40.8 Å². The van der Waals surface area contributed by atoms with E-state index in [1.807, 2.05) is 0 Å². The van der Waals surface area contributed by atoms with Gasteiger partial charge in [0.2, 0.25) is 11.5 Å². The summed E-state index contributed by atoms with van der Waals surface area (Å²) in [6.07, 6.45) is -6.68. The summed E-state index contributed by atoms with van der Waals surface area (Å²) < 4.78 is 74.3. The van der Waals surface area contributed by atoms with Crippen molar-refractivity contribution in [3.05, 3.63) is 11.6 Å². The molecular formula is C21H26ClF4N5O5. The number of imidazole rings is 1. The van der Waals surface area contributed by atoms with Gasteiger partial charge in [0.25, 0.3) is 0 Å². The number of ether oxygens (including phenoxy) is 3. The highest BCUT2D eigenvalue weighted by molar-refractivity contribution is 6.29. The highest BCUT2D eigenvalue weighted by Crippen LogP contribution is 2.54. The van der Waals surface area contributed by atoms with E-state index in [0.717, 1.165) is 6.33 Å². The third kappa shape index (κ3) is 5.05. The number of amides is 2. The standard InChI is InChI=1S/C21H26ClF4N5O5/c1-8-10-20(23,24)21(25,26)14(34-10)30-9-27-11-12(30)28-15(22)29-13(11)31(16(32)35-18(2,3)4)17(33)36-19(5,6)7/h9-10,14H,8H2,1-7H3/t10-,14-/m1/s1. The first-order valence-corrected chi connectivity index (χ1v) is 11.2. The van der Waals surface area contributed by atoms with Gasteiger partial charge in [0.15, 0.2) is 17.0 Å². The number of nitrogens with zero attached hydrogens (tertiary/aromatic N) is 5. The molecule has 36 heavy (non-hydrogen) atoms. The van der Waals surface area contributed by atoms with Gasteiger partial charge in [-0.25, -0.2) is 14.6 Å². The van der Waals surface area contributed by atoms with Crippen LogP contribution in [0.5, 0.6) is 0 Å². The minimum atomic E-state index is -4.64. The number of carbonyl (C=O) groups is 2. The highest BCUT2D eigenvalue weighted by atomic mass is 35.5. The maximum atomic E-state index is 14.7. The van der Waals surface area contributed by atoms with Crippen molar-refractivity contribution < 1.29 is 41.4 Å². The predicted molar refractivity (Wildman–Crippen MR) is 119 cm³/mol. The zero-order valence-corrected chi connectivity index (χ0v) is 21.4. The molecule has 0 radical (unpaired) electrons. The Hall–Kier alpha value is -2.74. The van der Waals surface area contributed by atoms with Crippen molar-refractivity contribution in [2.45, 2.75) is 90.3 Å². The van der Waals surface area contributed by atoms with E-state index in [0.29, 0.717) is 9.47 Å². The molecule has 0 saturated carbocycles. The van der Waals surface area contributed by atoms with Crippen LogP contribution in [-0.2, 0) is 14.2 Å². The number of imide groups is 1. The van der Waals surface area contributed by atoms with Crippen LogP contribution in [0.1, 0.15) is 61.1 Å². The summed E-state index contributed by atoms with van der Waals surface area (Å²) in [7, 11) is 0. The molecule has 2 atom stereocenters. The van der Waals surface area contributed by atoms with Gasteiger partial charge in [0, 0.05) is 0 Å². The number of aromatic nitrogens is 4. The minimum Gasteiger partial charge on any atom is -0.443 e. The molecule has 1 fully saturated rings. The Bertz CT molecular complexity index is 1150. The maximum Gasteiger partial charge on any atom is 0.425 e. The maximum absolute atomic E-state index is 14.7. The minimum absolute atomic E-state index is 0.376. The number of alkyl halides is 4. The Kier molecular flexibility index (Phi) is 6.94. The fraction of sp³-hybridized carbons (Fsp3) is 0.667. The summed E-state index contributed by atoms with van der Waals surface area (Å²) in [5.74, 6) is -9.69. The number of halogens is 5. The van der Waals surface area contributed by atoms with Crippen molar-refractivity contribution in [1.82, 2.24) is 19.5 Å². The van der Waals surface area contributed by atoms with Gasteiger partial charge in [0.1, 0.15) is 17.3 Å². The number of hydrogen-bond acceptors (Lipinski definition) is 8. The van der Waals surface area contributed by atoms with Crippen molar-refractivity contribution in [1.29, 1.82) is 0 Å². The first kappa shape index (κ1) is 27.8. The summed E-state index contributed by atoms with van der Waals surface area (Å²) in [6, 6.07) is 0. The lowest BCUT2D eigenvalue weighted by atomic mass is 10.1. The molecule has 0 aromatic carbocycles. The molecule has 2 aromatic heterocycles. The van der Waals surface area contributed by atoms with E-state index in [4.69, 9.17) is 25.8 Å². The molecule has 0 unspecified atom stereocenters. The summed E-state index contributed by atoms with van der Waals surface area (Å²) in [4.78, 5) is 38.0. The molecule has 2 amide bonds. The van der Waals surface area contributed by atoms with Crippen molar-refractivity contribution in [2.75, 3.05) is 4.90 Å². The molecule has 0 spiro atoms. The smallest absolute Gasteiger partial charge is 0.425 e.